The lowest BCUT2D eigenvalue weighted by Gasteiger charge is -1.97. The molecule has 1 aliphatic carbocycles. The molecule has 1 nitrogen and oxygen atoms in total. The third kappa shape index (κ3) is 7.70. The lowest BCUT2D eigenvalue weighted by atomic mass is 10.1. The third-order valence-corrected chi connectivity index (χ3v) is 1.16. The summed E-state index contributed by atoms with van der Waals surface area (Å²) in [5, 5.41) is 2.75. The summed E-state index contributed by atoms with van der Waals surface area (Å²) in [6, 6.07) is 0. The van der Waals surface area contributed by atoms with E-state index in [0.29, 0.717) is 0 Å². The van der Waals surface area contributed by atoms with Gasteiger partial charge in [0.25, 0.3) is 0 Å². The number of rotatable bonds is 0. The van der Waals surface area contributed by atoms with E-state index >= 15 is 0 Å². The molecule has 0 unspecified atom stereocenters. The molecular formula is C8H17N. The van der Waals surface area contributed by atoms with Gasteiger partial charge in [0.05, 0.1) is 0 Å². The van der Waals surface area contributed by atoms with Gasteiger partial charge < -0.3 is 5.32 Å². The van der Waals surface area contributed by atoms with Crippen molar-refractivity contribution in [3.63, 3.8) is 0 Å². The standard InChI is InChI=1S/C6H10.C2H7N/c1-2-4-6-5-3-1;1-3-2/h1-2H,3-6H2;3H,1-2H3. The largest absolute Gasteiger partial charge is 0.323 e. The smallest absolute Gasteiger partial charge is 0.0167 e. The van der Waals surface area contributed by atoms with Gasteiger partial charge in [-0.25, -0.2) is 0 Å². The molecular weight excluding hydrogens is 110 g/mol. The van der Waals surface area contributed by atoms with Gasteiger partial charge >= 0.3 is 0 Å². The highest BCUT2D eigenvalue weighted by Crippen LogP contribution is 2.07. The molecule has 0 aliphatic heterocycles. The van der Waals surface area contributed by atoms with Gasteiger partial charge in [-0.05, 0) is 39.8 Å². The average Bonchev–Trinajstić information content (AvgIpc) is 1.93. The van der Waals surface area contributed by atoms with Crippen molar-refractivity contribution in [1.82, 2.24) is 5.32 Å². The number of hydrogen-bond donors (Lipinski definition) is 1. The van der Waals surface area contributed by atoms with Crippen molar-refractivity contribution in [2.75, 3.05) is 14.1 Å². The Morgan fingerprint density at radius 2 is 1.33 bits per heavy atom. The van der Waals surface area contributed by atoms with Gasteiger partial charge in [-0.1, -0.05) is 12.2 Å². The molecule has 0 aromatic heterocycles. The van der Waals surface area contributed by atoms with E-state index in [0.717, 1.165) is 0 Å². The molecule has 1 rings (SSSR count). The van der Waals surface area contributed by atoms with E-state index < -0.39 is 0 Å². The van der Waals surface area contributed by atoms with Crippen LogP contribution in [0.25, 0.3) is 0 Å². The Kier molecular flexibility index (Phi) is 7.44. The Morgan fingerprint density at radius 1 is 1.00 bits per heavy atom. The maximum atomic E-state index is 2.75. The Bertz CT molecular complexity index is 59.0. The predicted molar refractivity (Wildman–Crippen MR) is 42.6 cm³/mol. The summed E-state index contributed by atoms with van der Waals surface area (Å²) in [6.45, 7) is 0. The zero-order valence-corrected chi connectivity index (χ0v) is 6.48. The fourth-order valence-electron chi connectivity index (χ4n) is 0.760. The fraction of sp³-hybridized carbons (Fsp3) is 0.750. The van der Waals surface area contributed by atoms with Crippen molar-refractivity contribution in [2.45, 2.75) is 25.7 Å². The first-order valence-electron chi connectivity index (χ1n) is 3.65. The van der Waals surface area contributed by atoms with Crippen molar-refractivity contribution in [2.24, 2.45) is 0 Å². The van der Waals surface area contributed by atoms with Crippen LogP contribution in [0.1, 0.15) is 25.7 Å². The van der Waals surface area contributed by atoms with Crippen LogP contribution in [0, 0.1) is 0 Å². The van der Waals surface area contributed by atoms with E-state index in [9.17, 15) is 0 Å². The predicted octanol–water partition coefficient (Wildman–Crippen LogP) is 1.95. The van der Waals surface area contributed by atoms with E-state index in [4.69, 9.17) is 0 Å². The van der Waals surface area contributed by atoms with Crippen molar-refractivity contribution in [3.8, 4) is 0 Å². The van der Waals surface area contributed by atoms with Crippen LogP contribution >= 0.6 is 0 Å². The summed E-state index contributed by atoms with van der Waals surface area (Å²) in [5.74, 6) is 0. The molecule has 0 radical (unpaired) electrons. The summed E-state index contributed by atoms with van der Waals surface area (Å²) in [4.78, 5) is 0. The molecule has 0 spiro atoms. The van der Waals surface area contributed by atoms with E-state index in [-0.39, 0.29) is 0 Å². The normalized spacial score (nSPS) is 16.2. The minimum absolute atomic E-state index is 1.32. The average molecular weight is 127 g/mol. The van der Waals surface area contributed by atoms with Crippen LogP contribution in [0.3, 0.4) is 0 Å². The quantitative estimate of drug-likeness (QED) is 0.490. The van der Waals surface area contributed by atoms with E-state index in [1.807, 2.05) is 14.1 Å². The number of hydrogen-bond acceptors (Lipinski definition) is 1. The molecule has 0 saturated carbocycles. The molecule has 0 atom stereocenters. The monoisotopic (exact) mass is 127 g/mol. The van der Waals surface area contributed by atoms with E-state index in [1.165, 1.54) is 25.7 Å². The van der Waals surface area contributed by atoms with E-state index in [2.05, 4.69) is 17.5 Å². The molecule has 0 aromatic rings. The first kappa shape index (κ1) is 8.70. The Balaban J connectivity index is 0.000000187. The van der Waals surface area contributed by atoms with Crippen LogP contribution in [-0.2, 0) is 0 Å². The Morgan fingerprint density at radius 3 is 1.44 bits per heavy atom. The van der Waals surface area contributed by atoms with Crippen LogP contribution in [-0.4, -0.2) is 14.1 Å². The highest BCUT2D eigenvalue weighted by atomic mass is 14.7. The number of nitrogens with one attached hydrogen (secondary N) is 1. The second-order valence-electron chi connectivity index (χ2n) is 2.26. The minimum atomic E-state index is 1.32. The van der Waals surface area contributed by atoms with Gasteiger partial charge in [0.2, 0.25) is 0 Å². The van der Waals surface area contributed by atoms with Crippen LogP contribution in [0.15, 0.2) is 12.2 Å². The molecule has 1 aliphatic rings. The Labute approximate surface area is 58.2 Å². The molecule has 0 heterocycles. The molecule has 0 bridgehead atoms. The summed E-state index contributed by atoms with van der Waals surface area (Å²) < 4.78 is 0. The van der Waals surface area contributed by atoms with Crippen molar-refractivity contribution < 1.29 is 0 Å². The Hall–Kier alpha value is -0.300. The molecule has 0 saturated heterocycles. The van der Waals surface area contributed by atoms with Gasteiger partial charge in [-0.15, -0.1) is 0 Å². The van der Waals surface area contributed by atoms with Gasteiger partial charge in [0, 0.05) is 0 Å². The molecule has 0 amide bonds. The van der Waals surface area contributed by atoms with Crippen LogP contribution in [0.4, 0.5) is 0 Å². The first-order chi connectivity index (χ1) is 4.41. The summed E-state index contributed by atoms with van der Waals surface area (Å²) in [7, 11) is 3.75. The molecule has 9 heavy (non-hydrogen) atoms. The highest BCUT2D eigenvalue weighted by molar-refractivity contribution is 4.85. The van der Waals surface area contributed by atoms with Crippen LogP contribution in [0.2, 0.25) is 0 Å². The second kappa shape index (κ2) is 7.70. The molecule has 1 heteroatoms. The SMILES string of the molecule is C1=CCCCC1.CNC. The molecule has 0 aromatic carbocycles. The minimum Gasteiger partial charge on any atom is -0.323 e. The fourth-order valence-corrected chi connectivity index (χ4v) is 0.760. The first-order valence-corrected chi connectivity index (χ1v) is 3.65. The topological polar surface area (TPSA) is 12.0 Å². The lowest BCUT2D eigenvalue weighted by molar-refractivity contribution is 0.730. The van der Waals surface area contributed by atoms with Gasteiger partial charge in [-0.2, -0.15) is 0 Å². The van der Waals surface area contributed by atoms with Gasteiger partial charge in [0.1, 0.15) is 0 Å². The summed E-state index contributed by atoms with van der Waals surface area (Å²) in [6.07, 6.45) is 10.0. The lowest BCUT2D eigenvalue weighted by Crippen LogP contribution is -1.89. The molecule has 1 N–H and O–H groups in total. The second-order valence-corrected chi connectivity index (χ2v) is 2.26. The van der Waals surface area contributed by atoms with Gasteiger partial charge in [-0.3, -0.25) is 0 Å². The molecule has 0 fully saturated rings. The van der Waals surface area contributed by atoms with Crippen LogP contribution < -0.4 is 5.32 Å². The molecule has 54 valence electrons. The highest BCUT2D eigenvalue weighted by Gasteiger charge is 1.87. The van der Waals surface area contributed by atoms with E-state index in [1.54, 1.807) is 0 Å². The van der Waals surface area contributed by atoms with Crippen molar-refractivity contribution >= 4 is 0 Å². The van der Waals surface area contributed by atoms with Crippen molar-refractivity contribution in [3.05, 3.63) is 12.2 Å². The zero-order chi connectivity index (χ0) is 6.95. The zero-order valence-electron chi connectivity index (χ0n) is 6.48. The summed E-state index contributed by atoms with van der Waals surface area (Å²) >= 11 is 0. The van der Waals surface area contributed by atoms with Crippen molar-refractivity contribution in [1.29, 1.82) is 0 Å². The maximum absolute atomic E-state index is 2.75. The maximum Gasteiger partial charge on any atom is -0.0167 e. The third-order valence-electron chi connectivity index (χ3n) is 1.16. The van der Waals surface area contributed by atoms with Gasteiger partial charge in [0.15, 0.2) is 0 Å². The number of allylic oxidation sites excluding steroid dienone is 2. The van der Waals surface area contributed by atoms with Crippen LogP contribution in [0.5, 0.6) is 0 Å². The summed E-state index contributed by atoms with van der Waals surface area (Å²) in [5.41, 5.74) is 0.